The molecular weight excluding hydrogens is 286 g/mol. The van der Waals surface area contributed by atoms with Crippen molar-refractivity contribution in [2.75, 3.05) is 26.7 Å². The molecular formula is C15H21N3O2S. The molecule has 1 fully saturated rings. The Kier molecular flexibility index (Phi) is 4.99. The lowest BCUT2D eigenvalue weighted by Gasteiger charge is -2.27. The van der Waals surface area contributed by atoms with E-state index in [4.69, 9.17) is 5.26 Å². The van der Waals surface area contributed by atoms with E-state index in [2.05, 4.69) is 11.8 Å². The SMILES string of the molecule is CCN1CCCC1CN(C)S(=O)(=O)c1cccc(C#N)c1. The molecule has 1 aliphatic rings. The monoisotopic (exact) mass is 307 g/mol. The third kappa shape index (κ3) is 3.43. The predicted molar refractivity (Wildman–Crippen MR) is 81.2 cm³/mol. The first-order chi connectivity index (χ1) is 9.98. The molecule has 0 bridgehead atoms. The van der Waals surface area contributed by atoms with Crippen molar-refractivity contribution in [2.45, 2.75) is 30.7 Å². The van der Waals surface area contributed by atoms with E-state index in [1.807, 2.05) is 6.07 Å². The minimum atomic E-state index is -3.54. The number of likely N-dealkylation sites (N-methyl/N-ethyl adjacent to an activating group) is 2. The predicted octanol–water partition coefficient (Wildman–Crippen LogP) is 1.66. The average molecular weight is 307 g/mol. The maximum absolute atomic E-state index is 12.6. The van der Waals surface area contributed by atoms with Crippen LogP contribution in [0.3, 0.4) is 0 Å². The van der Waals surface area contributed by atoms with E-state index in [9.17, 15) is 8.42 Å². The lowest BCUT2D eigenvalue weighted by Crippen LogP contribution is -2.41. The van der Waals surface area contributed by atoms with Gasteiger partial charge in [-0.25, -0.2) is 8.42 Å². The van der Waals surface area contributed by atoms with Gasteiger partial charge in [-0.1, -0.05) is 13.0 Å². The van der Waals surface area contributed by atoms with Gasteiger partial charge >= 0.3 is 0 Å². The molecule has 5 nitrogen and oxygen atoms in total. The number of hydrogen-bond donors (Lipinski definition) is 0. The Bertz CT molecular complexity index is 637. The molecule has 1 unspecified atom stereocenters. The van der Waals surface area contributed by atoms with Crippen molar-refractivity contribution in [1.29, 1.82) is 5.26 Å². The fourth-order valence-electron chi connectivity index (χ4n) is 2.82. The van der Waals surface area contributed by atoms with Gasteiger partial charge in [0.2, 0.25) is 10.0 Å². The molecule has 1 aromatic rings. The van der Waals surface area contributed by atoms with Gasteiger partial charge in [-0.2, -0.15) is 9.57 Å². The van der Waals surface area contributed by atoms with Crippen LogP contribution in [0.15, 0.2) is 29.2 Å². The molecule has 1 aromatic carbocycles. The molecule has 0 saturated carbocycles. The highest BCUT2D eigenvalue weighted by molar-refractivity contribution is 7.89. The third-order valence-electron chi connectivity index (χ3n) is 4.04. The number of sulfonamides is 1. The van der Waals surface area contributed by atoms with E-state index in [-0.39, 0.29) is 10.9 Å². The number of benzene rings is 1. The van der Waals surface area contributed by atoms with E-state index in [1.165, 1.54) is 10.4 Å². The van der Waals surface area contributed by atoms with Crippen molar-refractivity contribution < 1.29 is 8.42 Å². The van der Waals surface area contributed by atoms with Gasteiger partial charge in [0, 0.05) is 19.6 Å². The van der Waals surface area contributed by atoms with Gasteiger partial charge in [0.15, 0.2) is 0 Å². The molecule has 1 heterocycles. The standard InChI is InChI=1S/C15H21N3O2S/c1-3-18-9-5-7-14(18)12-17(2)21(19,20)15-8-4-6-13(10-15)11-16/h4,6,8,10,14H,3,5,7,9,12H2,1-2H3. The van der Waals surface area contributed by atoms with E-state index < -0.39 is 10.0 Å². The molecule has 0 aliphatic carbocycles. The molecule has 21 heavy (non-hydrogen) atoms. The molecule has 6 heteroatoms. The van der Waals surface area contributed by atoms with Crippen LogP contribution in [0.2, 0.25) is 0 Å². The van der Waals surface area contributed by atoms with Gasteiger partial charge in [-0.05, 0) is 44.1 Å². The number of likely N-dealkylation sites (tertiary alicyclic amines) is 1. The molecule has 114 valence electrons. The Morgan fingerprint density at radius 1 is 1.48 bits per heavy atom. The second kappa shape index (κ2) is 6.56. The number of nitrogens with zero attached hydrogens (tertiary/aromatic N) is 3. The quantitative estimate of drug-likeness (QED) is 0.830. The van der Waals surface area contributed by atoms with E-state index in [0.29, 0.717) is 12.1 Å². The zero-order valence-electron chi connectivity index (χ0n) is 12.5. The molecule has 0 radical (unpaired) electrons. The Hall–Kier alpha value is -1.42. The molecule has 1 atom stereocenters. The van der Waals surface area contributed by atoms with Crippen molar-refractivity contribution in [2.24, 2.45) is 0 Å². The van der Waals surface area contributed by atoms with Crippen molar-refractivity contribution in [3.8, 4) is 6.07 Å². The van der Waals surface area contributed by atoms with Crippen LogP contribution < -0.4 is 0 Å². The molecule has 1 aliphatic heterocycles. The third-order valence-corrected chi connectivity index (χ3v) is 5.86. The molecule has 0 amide bonds. The fourth-order valence-corrected chi connectivity index (χ4v) is 4.07. The Morgan fingerprint density at radius 2 is 2.24 bits per heavy atom. The molecule has 0 spiro atoms. The highest BCUT2D eigenvalue weighted by atomic mass is 32.2. The lowest BCUT2D eigenvalue weighted by molar-refractivity contribution is 0.237. The van der Waals surface area contributed by atoms with Crippen molar-refractivity contribution in [3.05, 3.63) is 29.8 Å². The second-order valence-corrected chi connectivity index (χ2v) is 7.39. The van der Waals surface area contributed by atoms with Crippen LogP contribution in [0.5, 0.6) is 0 Å². The summed E-state index contributed by atoms with van der Waals surface area (Å²) >= 11 is 0. The maximum Gasteiger partial charge on any atom is 0.242 e. The molecule has 0 aromatic heterocycles. The van der Waals surface area contributed by atoms with Crippen LogP contribution in [0.25, 0.3) is 0 Å². The summed E-state index contributed by atoms with van der Waals surface area (Å²) in [6.07, 6.45) is 2.16. The summed E-state index contributed by atoms with van der Waals surface area (Å²) in [6, 6.07) is 8.44. The van der Waals surface area contributed by atoms with Gasteiger partial charge in [0.05, 0.1) is 16.5 Å². The number of rotatable bonds is 5. The van der Waals surface area contributed by atoms with Crippen molar-refractivity contribution >= 4 is 10.0 Å². The minimum absolute atomic E-state index is 0.185. The lowest BCUT2D eigenvalue weighted by atomic mass is 10.2. The normalized spacial score (nSPS) is 19.8. The summed E-state index contributed by atoms with van der Waals surface area (Å²) in [7, 11) is -1.92. The maximum atomic E-state index is 12.6. The largest absolute Gasteiger partial charge is 0.299 e. The van der Waals surface area contributed by atoms with Gasteiger partial charge in [-0.15, -0.1) is 0 Å². The second-order valence-electron chi connectivity index (χ2n) is 5.35. The summed E-state index contributed by atoms with van der Waals surface area (Å²) in [5.41, 5.74) is 0.362. The first-order valence-electron chi connectivity index (χ1n) is 7.19. The summed E-state index contributed by atoms with van der Waals surface area (Å²) in [5.74, 6) is 0. The number of nitriles is 1. The molecule has 2 rings (SSSR count). The van der Waals surface area contributed by atoms with E-state index in [0.717, 1.165) is 25.9 Å². The van der Waals surface area contributed by atoms with Gasteiger partial charge in [0.1, 0.15) is 0 Å². The Balaban J connectivity index is 2.17. The summed E-state index contributed by atoms with van der Waals surface area (Å²) in [4.78, 5) is 2.50. The number of hydrogen-bond acceptors (Lipinski definition) is 4. The summed E-state index contributed by atoms with van der Waals surface area (Å²) in [6.45, 7) is 4.58. The highest BCUT2D eigenvalue weighted by Crippen LogP contribution is 2.21. The van der Waals surface area contributed by atoms with Crippen LogP contribution in [-0.4, -0.2) is 50.3 Å². The molecule has 1 saturated heterocycles. The van der Waals surface area contributed by atoms with Gasteiger partial charge < -0.3 is 0 Å². The van der Waals surface area contributed by atoms with Crippen LogP contribution >= 0.6 is 0 Å². The molecule has 0 N–H and O–H groups in total. The van der Waals surface area contributed by atoms with Gasteiger partial charge in [0.25, 0.3) is 0 Å². The van der Waals surface area contributed by atoms with Gasteiger partial charge in [-0.3, -0.25) is 4.90 Å². The average Bonchev–Trinajstić information content (AvgIpc) is 2.94. The first-order valence-corrected chi connectivity index (χ1v) is 8.63. The summed E-state index contributed by atoms with van der Waals surface area (Å²) in [5, 5.41) is 8.90. The minimum Gasteiger partial charge on any atom is -0.299 e. The fraction of sp³-hybridized carbons (Fsp3) is 0.533. The van der Waals surface area contributed by atoms with Crippen LogP contribution in [0.4, 0.5) is 0 Å². The highest BCUT2D eigenvalue weighted by Gasteiger charge is 2.29. The Labute approximate surface area is 126 Å². The zero-order valence-corrected chi connectivity index (χ0v) is 13.3. The Morgan fingerprint density at radius 3 is 2.90 bits per heavy atom. The van der Waals surface area contributed by atoms with E-state index in [1.54, 1.807) is 25.2 Å². The van der Waals surface area contributed by atoms with Crippen LogP contribution in [0.1, 0.15) is 25.3 Å². The first kappa shape index (κ1) is 16.0. The van der Waals surface area contributed by atoms with E-state index >= 15 is 0 Å². The van der Waals surface area contributed by atoms with Crippen molar-refractivity contribution in [1.82, 2.24) is 9.21 Å². The van der Waals surface area contributed by atoms with Crippen molar-refractivity contribution in [3.63, 3.8) is 0 Å². The smallest absolute Gasteiger partial charge is 0.242 e. The topological polar surface area (TPSA) is 64.4 Å². The summed E-state index contributed by atoms with van der Waals surface area (Å²) < 4.78 is 26.6. The van der Waals surface area contributed by atoms with Crippen LogP contribution in [-0.2, 0) is 10.0 Å². The zero-order chi connectivity index (χ0) is 15.5. The van der Waals surface area contributed by atoms with Crippen LogP contribution in [0, 0.1) is 11.3 Å².